The lowest BCUT2D eigenvalue weighted by atomic mass is 10.1. The molecule has 0 aromatic heterocycles. The van der Waals surface area contributed by atoms with Crippen LogP contribution in [0.2, 0.25) is 0 Å². The van der Waals surface area contributed by atoms with Gasteiger partial charge < -0.3 is 9.80 Å². The molecule has 2 fully saturated rings. The van der Waals surface area contributed by atoms with Crippen LogP contribution in [0, 0.1) is 27.7 Å². The van der Waals surface area contributed by atoms with Crippen LogP contribution in [0.25, 0.3) is 0 Å². The fourth-order valence-electron chi connectivity index (χ4n) is 4.80. The van der Waals surface area contributed by atoms with Crippen LogP contribution in [0.5, 0.6) is 0 Å². The highest BCUT2D eigenvalue weighted by Gasteiger charge is 2.24. The minimum atomic E-state index is 1.03. The van der Waals surface area contributed by atoms with Crippen molar-refractivity contribution in [2.75, 3.05) is 56.0 Å². The van der Waals surface area contributed by atoms with Crippen molar-refractivity contribution in [1.29, 1.82) is 0 Å². The molecule has 156 valence electrons. The third-order valence-corrected chi connectivity index (χ3v) is 6.78. The van der Waals surface area contributed by atoms with Gasteiger partial charge in [0.1, 0.15) is 0 Å². The van der Waals surface area contributed by atoms with E-state index in [2.05, 4.69) is 83.7 Å². The molecule has 0 radical (unpaired) electrons. The molecule has 0 N–H and O–H groups in total. The van der Waals surface area contributed by atoms with Crippen LogP contribution in [0.1, 0.15) is 35.1 Å². The second-order valence-electron chi connectivity index (χ2n) is 8.89. The molecule has 4 nitrogen and oxygen atoms in total. The molecule has 0 spiro atoms. The summed E-state index contributed by atoms with van der Waals surface area (Å²) in [4.78, 5) is 10.4. The summed E-state index contributed by atoms with van der Waals surface area (Å²) >= 11 is 0. The first-order chi connectivity index (χ1) is 14.0. The number of benzene rings is 2. The summed E-state index contributed by atoms with van der Waals surface area (Å²) in [6, 6.07) is 13.4. The van der Waals surface area contributed by atoms with Crippen LogP contribution < -0.4 is 9.80 Å². The van der Waals surface area contributed by atoms with Crippen molar-refractivity contribution in [3.63, 3.8) is 0 Å². The normalized spacial score (nSPS) is 19.0. The number of hydrogen-bond acceptors (Lipinski definition) is 4. The van der Waals surface area contributed by atoms with Gasteiger partial charge in [-0.05, 0) is 74.9 Å². The van der Waals surface area contributed by atoms with Gasteiger partial charge in [-0.15, -0.1) is 0 Å². The van der Waals surface area contributed by atoms with Crippen molar-refractivity contribution in [2.24, 2.45) is 0 Å². The monoisotopic (exact) mass is 392 g/mol. The SMILES string of the molecule is Cc1cccc(N2CCCN(CN3CCCN(c4cccc(C)c4C)C3)C2)c1C. The summed E-state index contributed by atoms with van der Waals surface area (Å²) in [7, 11) is 0. The Morgan fingerprint density at radius 2 is 1.07 bits per heavy atom. The molecular weight excluding hydrogens is 356 g/mol. The molecular formula is C25H36N4. The molecule has 0 bridgehead atoms. The van der Waals surface area contributed by atoms with E-state index in [9.17, 15) is 0 Å². The summed E-state index contributed by atoms with van der Waals surface area (Å²) < 4.78 is 0. The molecule has 2 aromatic rings. The van der Waals surface area contributed by atoms with Crippen molar-refractivity contribution in [2.45, 2.75) is 40.5 Å². The highest BCUT2D eigenvalue weighted by molar-refractivity contribution is 5.57. The van der Waals surface area contributed by atoms with E-state index in [-0.39, 0.29) is 0 Å². The van der Waals surface area contributed by atoms with Gasteiger partial charge in [0.05, 0.1) is 20.0 Å². The van der Waals surface area contributed by atoms with Gasteiger partial charge in [0, 0.05) is 37.6 Å². The maximum absolute atomic E-state index is 2.62. The fraction of sp³-hybridized carbons (Fsp3) is 0.520. The van der Waals surface area contributed by atoms with E-state index in [0.29, 0.717) is 0 Å². The Labute approximate surface area is 176 Å². The van der Waals surface area contributed by atoms with E-state index in [1.165, 1.54) is 59.6 Å². The first kappa shape index (κ1) is 20.2. The van der Waals surface area contributed by atoms with Crippen LogP contribution in [-0.4, -0.2) is 56.0 Å². The Morgan fingerprint density at radius 1 is 0.621 bits per heavy atom. The molecule has 0 saturated carbocycles. The van der Waals surface area contributed by atoms with Crippen molar-refractivity contribution in [1.82, 2.24) is 9.80 Å². The Bertz CT molecular complexity index is 777. The fourth-order valence-corrected chi connectivity index (χ4v) is 4.80. The number of nitrogens with zero attached hydrogens (tertiary/aromatic N) is 4. The van der Waals surface area contributed by atoms with Gasteiger partial charge in [0.2, 0.25) is 0 Å². The molecule has 0 unspecified atom stereocenters. The van der Waals surface area contributed by atoms with Gasteiger partial charge >= 0.3 is 0 Å². The molecule has 2 aliphatic rings. The largest absolute Gasteiger partial charge is 0.358 e. The number of rotatable bonds is 4. The highest BCUT2D eigenvalue weighted by atomic mass is 15.4. The number of hydrogen-bond donors (Lipinski definition) is 0. The zero-order valence-electron chi connectivity index (χ0n) is 18.6. The summed E-state index contributed by atoms with van der Waals surface area (Å²) in [6.07, 6.45) is 2.48. The quantitative estimate of drug-likeness (QED) is 0.758. The standard InChI is InChI=1S/C25H36N4/c1-20-9-5-11-24(22(20)3)28-15-7-13-26(18-28)17-27-14-8-16-29(19-27)25-12-6-10-21(2)23(25)4/h5-6,9-12H,7-8,13-19H2,1-4H3. The first-order valence-corrected chi connectivity index (χ1v) is 11.1. The van der Waals surface area contributed by atoms with Gasteiger partial charge in [-0.1, -0.05) is 24.3 Å². The lowest BCUT2D eigenvalue weighted by molar-refractivity contribution is 0.106. The molecule has 2 saturated heterocycles. The molecule has 4 heteroatoms. The van der Waals surface area contributed by atoms with Crippen molar-refractivity contribution in [3.8, 4) is 0 Å². The second kappa shape index (κ2) is 8.76. The zero-order chi connectivity index (χ0) is 20.4. The van der Waals surface area contributed by atoms with E-state index in [4.69, 9.17) is 0 Å². The minimum absolute atomic E-state index is 1.03. The minimum Gasteiger partial charge on any atom is -0.358 e. The highest BCUT2D eigenvalue weighted by Crippen LogP contribution is 2.27. The topological polar surface area (TPSA) is 13.0 Å². The van der Waals surface area contributed by atoms with Crippen LogP contribution in [-0.2, 0) is 0 Å². The number of anilines is 2. The molecule has 2 aliphatic heterocycles. The van der Waals surface area contributed by atoms with E-state index in [1.54, 1.807) is 0 Å². The summed E-state index contributed by atoms with van der Waals surface area (Å²) in [6.45, 7) is 16.8. The van der Waals surface area contributed by atoms with Crippen LogP contribution in [0.3, 0.4) is 0 Å². The maximum atomic E-state index is 2.62. The van der Waals surface area contributed by atoms with Crippen molar-refractivity contribution in [3.05, 3.63) is 58.7 Å². The van der Waals surface area contributed by atoms with Crippen LogP contribution in [0.4, 0.5) is 11.4 Å². The molecule has 0 atom stereocenters. The second-order valence-corrected chi connectivity index (χ2v) is 8.89. The Hall–Kier alpha value is -2.04. The Morgan fingerprint density at radius 3 is 1.52 bits per heavy atom. The molecule has 4 rings (SSSR count). The van der Waals surface area contributed by atoms with Gasteiger partial charge in [-0.3, -0.25) is 9.80 Å². The summed E-state index contributed by atoms with van der Waals surface area (Å²) in [5, 5.41) is 0. The average Bonchev–Trinajstić information content (AvgIpc) is 2.72. The third kappa shape index (κ3) is 4.44. The Kier molecular flexibility index (Phi) is 6.12. The van der Waals surface area contributed by atoms with E-state index in [1.807, 2.05) is 0 Å². The lowest BCUT2D eigenvalue weighted by Gasteiger charge is -2.43. The Balaban J connectivity index is 1.41. The lowest BCUT2D eigenvalue weighted by Crippen LogP contribution is -2.53. The molecule has 29 heavy (non-hydrogen) atoms. The predicted octanol–water partition coefficient (Wildman–Crippen LogP) is 4.52. The smallest absolute Gasteiger partial charge is 0.0717 e. The van der Waals surface area contributed by atoms with Crippen LogP contribution in [0.15, 0.2) is 36.4 Å². The van der Waals surface area contributed by atoms with Gasteiger partial charge in [0.25, 0.3) is 0 Å². The predicted molar refractivity (Wildman–Crippen MR) is 124 cm³/mol. The number of aryl methyl sites for hydroxylation is 2. The van der Waals surface area contributed by atoms with Gasteiger partial charge in [-0.2, -0.15) is 0 Å². The first-order valence-electron chi connectivity index (χ1n) is 11.1. The van der Waals surface area contributed by atoms with E-state index < -0.39 is 0 Å². The molecule has 2 aromatic carbocycles. The van der Waals surface area contributed by atoms with Crippen molar-refractivity contribution >= 4 is 11.4 Å². The van der Waals surface area contributed by atoms with Crippen molar-refractivity contribution < 1.29 is 0 Å². The average molecular weight is 393 g/mol. The summed E-state index contributed by atoms with van der Waals surface area (Å²) in [5.74, 6) is 0. The van der Waals surface area contributed by atoms with E-state index >= 15 is 0 Å². The third-order valence-electron chi connectivity index (χ3n) is 6.78. The maximum Gasteiger partial charge on any atom is 0.0717 e. The van der Waals surface area contributed by atoms with Gasteiger partial charge in [-0.25, -0.2) is 0 Å². The summed E-state index contributed by atoms with van der Waals surface area (Å²) in [5.41, 5.74) is 8.44. The molecule has 2 heterocycles. The molecule has 0 aliphatic carbocycles. The van der Waals surface area contributed by atoms with Gasteiger partial charge in [0.15, 0.2) is 0 Å². The zero-order valence-corrected chi connectivity index (χ0v) is 18.6. The van der Waals surface area contributed by atoms with E-state index in [0.717, 1.165) is 33.1 Å². The molecule has 0 amide bonds. The van der Waals surface area contributed by atoms with Crippen LogP contribution >= 0.6 is 0 Å².